The maximum Gasteiger partial charge on any atom is 0.241 e. The average molecular weight is 522 g/mol. The first-order chi connectivity index (χ1) is 18.0. The predicted octanol–water partition coefficient (Wildman–Crippen LogP) is 3.27. The topological polar surface area (TPSA) is 68.8 Å². The Labute approximate surface area is 225 Å². The molecule has 0 radical (unpaired) electrons. The third-order valence-corrected chi connectivity index (χ3v) is 8.39. The Balaban J connectivity index is 1.34. The molecule has 3 aliphatic rings. The van der Waals surface area contributed by atoms with Gasteiger partial charge in [-0.25, -0.2) is 4.39 Å². The molecule has 5 rings (SSSR count). The molecule has 3 atom stereocenters. The summed E-state index contributed by atoms with van der Waals surface area (Å²) in [5.41, 5.74) is 4.59. The van der Waals surface area contributed by atoms with Gasteiger partial charge in [-0.1, -0.05) is 26.8 Å². The highest BCUT2D eigenvalue weighted by molar-refractivity contribution is 5.97. The molecule has 0 saturated carbocycles. The largest absolute Gasteiger partial charge is 0.341 e. The normalized spacial score (nSPS) is 25.2. The summed E-state index contributed by atoms with van der Waals surface area (Å²) in [7, 11) is 0. The molecule has 0 bridgehead atoms. The van der Waals surface area contributed by atoms with E-state index in [0.29, 0.717) is 38.4 Å². The molecule has 2 fully saturated rings. The zero-order valence-corrected chi connectivity index (χ0v) is 23.3. The van der Waals surface area contributed by atoms with Crippen LogP contribution in [0.4, 0.5) is 10.1 Å². The maximum absolute atomic E-state index is 13.9. The zero-order chi connectivity index (χ0) is 27.2. The Bertz CT molecular complexity index is 1230. The molecule has 38 heavy (non-hydrogen) atoms. The molecule has 204 valence electrons. The minimum atomic E-state index is -0.240. The number of carbonyl (C=O) groups is 2. The van der Waals surface area contributed by atoms with E-state index in [0.717, 1.165) is 47.7 Å². The average Bonchev–Trinajstić information content (AvgIpc) is 3.31. The quantitative estimate of drug-likeness (QED) is 0.632. The molecule has 0 spiro atoms. The SMILES string of the molecule is Cc1cc(F)ccc1Cc1cc2c(cn1)C(C)(C)CN2C(=O)CN1C[C@@H](C)NC[C@@H]1CN1C[C@@H](C)CC1=O. The lowest BCUT2D eigenvalue weighted by Gasteiger charge is -2.41. The van der Waals surface area contributed by atoms with Crippen molar-refractivity contribution in [2.24, 2.45) is 5.92 Å². The van der Waals surface area contributed by atoms with Gasteiger partial charge in [0, 0.05) is 80.5 Å². The molecule has 2 aromatic rings. The van der Waals surface area contributed by atoms with E-state index >= 15 is 0 Å². The Morgan fingerprint density at radius 1 is 1.21 bits per heavy atom. The minimum absolute atomic E-state index is 0.0761. The van der Waals surface area contributed by atoms with Crippen LogP contribution in [0, 0.1) is 18.7 Å². The fourth-order valence-corrected chi connectivity index (χ4v) is 6.23. The fourth-order valence-electron chi connectivity index (χ4n) is 6.23. The van der Waals surface area contributed by atoms with Gasteiger partial charge in [0.15, 0.2) is 0 Å². The van der Waals surface area contributed by atoms with Gasteiger partial charge in [-0.05, 0) is 49.1 Å². The predicted molar refractivity (Wildman–Crippen MR) is 147 cm³/mol. The third-order valence-electron chi connectivity index (χ3n) is 8.39. The van der Waals surface area contributed by atoms with E-state index in [1.54, 1.807) is 6.07 Å². The number of aromatic nitrogens is 1. The smallest absolute Gasteiger partial charge is 0.241 e. The van der Waals surface area contributed by atoms with E-state index in [1.807, 2.05) is 35.1 Å². The molecule has 4 heterocycles. The number of hydrogen-bond donors (Lipinski definition) is 1. The molecule has 0 unspecified atom stereocenters. The van der Waals surface area contributed by atoms with Crippen molar-refractivity contribution in [3.05, 3.63) is 58.7 Å². The number of hydrogen-bond acceptors (Lipinski definition) is 5. The van der Waals surface area contributed by atoms with E-state index in [4.69, 9.17) is 4.98 Å². The Hall–Kier alpha value is -2.84. The lowest BCUT2D eigenvalue weighted by molar-refractivity contribution is -0.128. The number of anilines is 1. The van der Waals surface area contributed by atoms with E-state index in [-0.39, 0.29) is 35.1 Å². The monoisotopic (exact) mass is 521 g/mol. The van der Waals surface area contributed by atoms with Gasteiger partial charge >= 0.3 is 0 Å². The van der Waals surface area contributed by atoms with Gasteiger partial charge in [0.05, 0.1) is 12.2 Å². The molecule has 1 N–H and O–H groups in total. The van der Waals surface area contributed by atoms with Crippen molar-refractivity contribution >= 4 is 17.5 Å². The molecule has 7 nitrogen and oxygen atoms in total. The third kappa shape index (κ3) is 5.47. The molecule has 8 heteroatoms. The van der Waals surface area contributed by atoms with Crippen LogP contribution in [-0.4, -0.2) is 78.0 Å². The number of halogens is 1. The summed E-state index contributed by atoms with van der Waals surface area (Å²) < 4.78 is 13.6. The number of rotatable bonds is 6. The van der Waals surface area contributed by atoms with Crippen molar-refractivity contribution in [3.8, 4) is 0 Å². The van der Waals surface area contributed by atoms with Crippen LogP contribution < -0.4 is 10.2 Å². The number of nitrogens with one attached hydrogen (secondary N) is 1. The van der Waals surface area contributed by atoms with E-state index in [1.165, 1.54) is 6.07 Å². The standard InChI is InChI=1S/C30H40FN5O2/c1-19-8-28(37)35(14-19)16-25-12-32-21(3)15-34(25)17-29(38)36-18-30(4,5)26-13-33-24(11-27(26)36)10-22-6-7-23(31)9-20(22)2/h6-7,9,11,13,19,21,25,32H,8,10,12,14-18H2,1-5H3/t19-,21+,25+/m0/s1. The number of aryl methyl sites for hydroxylation is 1. The van der Waals surface area contributed by atoms with Crippen LogP contribution in [0.5, 0.6) is 0 Å². The van der Waals surface area contributed by atoms with Gasteiger partial charge in [0.2, 0.25) is 11.8 Å². The van der Waals surface area contributed by atoms with Gasteiger partial charge in [0.25, 0.3) is 0 Å². The van der Waals surface area contributed by atoms with Crippen LogP contribution in [0.25, 0.3) is 0 Å². The number of fused-ring (bicyclic) bond motifs is 1. The molecule has 0 aliphatic carbocycles. The molecular weight excluding hydrogens is 481 g/mol. The Kier molecular flexibility index (Phi) is 7.31. The van der Waals surface area contributed by atoms with Crippen LogP contribution >= 0.6 is 0 Å². The number of carbonyl (C=O) groups excluding carboxylic acids is 2. The maximum atomic E-state index is 13.9. The van der Waals surface area contributed by atoms with E-state index < -0.39 is 0 Å². The van der Waals surface area contributed by atoms with Crippen LogP contribution in [-0.2, 0) is 21.4 Å². The van der Waals surface area contributed by atoms with E-state index in [9.17, 15) is 14.0 Å². The highest BCUT2D eigenvalue weighted by Gasteiger charge is 2.40. The fraction of sp³-hybridized carbons (Fsp3) is 0.567. The summed E-state index contributed by atoms with van der Waals surface area (Å²) in [5.74, 6) is 0.440. The van der Waals surface area contributed by atoms with Gasteiger partial charge in [-0.3, -0.25) is 19.5 Å². The number of likely N-dealkylation sites (tertiary alicyclic amines) is 1. The number of amides is 2. The van der Waals surface area contributed by atoms with Crippen molar-refractivity contribution < 1.29 is 14.0 Å². The lowest BCUT2D eigenvalue weighted by atomic mass is 9.88. The second kappa shape index (κ2) is 10.4. The van der Waals surface area contributed by atoms with Crippen molar-refractivity contribution in [1.29, 1.82) is 0 Å². The van der Waals surface area contributed by atoms with Crippen LogP contribution in [0.3, 0.4) is 0 Å². The van der Waals surface area contributed by atoms with Gasteiger partial charge in [-0.15, -0.1) is 0 Å². The van der Waals surface area contributed by atoms with Crippen molar-refractivity contribution in [3.63, 3.8) is 0 Å². The zero-order valence-electron chi connectivity index (χ0n) is 23.3. The van der Waals surface area contributed by atoms with Crippen LogP contribution in [0.15, 0.2) is 30.5 Å². The number of piperazine rings is 1. The number of nitrogens with zero attached hydrogens (tertiary/aromatic N) is 4. The summed E-state index contributed by atoms with van der Waals surface area (Å²) in [5, 5.41) is 3.54. The first-order valence-corrected chi connectivity index (χ1v) is 13.8. The van der Waals surface area contributed by atoms with Crippen LogP contribution in [0.1, 0.15) is 56.5 Å². The highest BCUT2D eigenvalue weighted by atomic mass is 19.1. The summed E-state index contributed by atoms with van der Waals surface area (Å²) in [6.45, 7) is 14.4. The molecule has 2 saturated heterocycles. The molecular formula is C30H40FN5O2. The van der Waals surface area contributed by atoms with Gasteiger partial charge in [0.1, 0.15) is 5.82 Å². The molecule has 1 aromatic carbocycles. The molecule has 1 aromatic heterocycles. The van der Waals surface area contributed by atoms with Crippen molar-refractivity contribution in [2.75, 3.05) is 44.2 Å². The van der Waals surface area contributed by atoms with Gasteiger partial charge in [-0.2, -0.15) is 0 Å². The highest BCUT2D eigenvalue weighted by Crippen LogP contribution is 2.40. The first-order valence-electron chi connectivity index (χ1n) is 13.8. The Morgan fingerprint density at radius 3 is 2.71 bits per heavy atom. The number of benzene rings is 1. The van der Waals surface area contributed by atoms with Crippen molar-refractivity contribution in [1.82, 2.24) is 20.1 Å². The number of pyridine rings is 1. The molecule has 2 amide bonds. The lowest BCUT2D eigenvalue weighted by Crippen LogP contribution is -2.61. The first kappa shape index (κ1) is 26.8. The van der Waals surface area contributed by atoms with Crippen LogP contribution in [0.2, 0.25) is 0 Å². The summed E-state index contributed by atoms with van der Waals surface area (Å²) in [6, 6.07) is 7.26. The summed E-state index contributed by atoms with van der Waals surface area (Å²) in [4.78, 5) is 37.2. The molecule has 3 aliphatic heterocycles. The van der Waals surface area contributed by atoms with Gasteiger partial charge < -0.3 is 15.1 Å². The minimum Gasteiger partial charge on any atom is -0.341 e. The summed E-state index contributed by atoms with van der Waals surface area (Å²) in [6.07, 6.45) is 3.11. The van der Waals surface area contributed by atoms with Crippen molar-refractivity contribution in [2.45, 2.75) is 65.0 Å². The van der Waals surface area contributed by atoms with E-state index in [2.05, 4.69) is 37.9 Å². The second-order valence-corrected chi connectivity index (χ2v) is 12.3. The Morgan fingerprint density at radius 2 is 2.00 bits per heavy atom. The second-order valence-electron chi connectivity index (χ2n) is 12.3. The summed E-state index contributed by atoms with van der Waals surface area (Å²) >= 11 is 0.